The van der Waals surface area contributed by atoms with Crippen molar-refractivity contribution in [1.82, 2.24) is 19.7 Å². The number of rotatable bonds is 8. The lowest BCUT2D eigenvalue weighted by Crippen LogP contribution is -2.45. The number of fused-ring (bicyclic) bond motifs is 3. The summed E-state index contributed by atoms with van der Waals surface area (Å²) in [5.74, 6) is 0.0939. The van der Waals surface area contributed by atoms with Crippen molar-refractivity contribution in [2.45, 2.75) is 31.6 Å². The second-order valence-corrected chi connectivity index (χ2v) is 10.9. The molecule has 1 atom stereocenters. The zero-order chi connectivity index (χ0) is 27.0. The van der Waals surface area contributed by atoms with Crippen LogP contribution in [0.3, 0.4) is 0 Å². The fourth-order valence-electron chi connectivity index (χ4n) is 5.58. The molecule has 2 N–H and O–H groups in total. The summed E-state index contributed by atoms with van der Waals surface area (Å²) in [5.41, 5.74) is 3.34. The predicted octanol–water partition coefficient (Wildman–Crippen LogP) is 4.40. The van der Waals surface area contributed by atoms with E-state index in [1.165, 1.54) is 22.3 Å². The van der Waals surface area contributed by atoms with Crippen LogP contribution in [0.2, 0.25) is 0 Å². The van der Waals surface area contributed by atoms with Crippen molar-refractivity contribution in [3.8, 4) is 11.5 Å². The molecule has 0 aliphatic carbocycles. The highest BCUT2D eigenvalue weighted by atomic mass is 32.1. The van der Waals surface area contributed by atoms with Crippen LogP contribution < -0.4 is 14.8 Å². The third-order valence-electron chi connectivity index (χ3n) is 7.47. The zero-order valence-electron chi connectivity index (χ0n) is 21.8. The second kappa shape index (κ2) is 10.2. The normalized spacial score (nSPS) is 18.5. The number of nitrogens with zero attached hydrogens (tertiary/aromatic N) is 4. The monoisotopic (exact) mass is 543 g/mol. The average Bonchev–Trinajstić information content (AvgIpc) is 3.59. The van der Waals surface area contributed by atoms with Crippen LogP contribution in [0.5, 0.6) is 11.5 Å². The van der Waals surface area contributed by atoms with E-state index in [1.54, 1.807) is 42.6 Å². The molecule has 0 saturated heterocycles. The summed E-state index contributed by atoms with van der Waals surface area (Å²) >= 11 is 1.70. The van der Waals surface area contributed by atoms with Gasteiger partial charge in [-0.25, -0.2) is 14.5 Å². The van der Waals surface area contributed by atoms with Gasteiger partial charge in [-0.2, -0.15) is 5.10 Å². The molecule has 4 aromatic rings. The van der Waals surface area contributed by atoms with Gasteiger partial charge in [0.15, 0.2) is 11.5 Å². The number of carboxylic acids is 1. The third kappa shape index (κ3) is 4.55. The minimum Gasteiger partial charge on any atom is -0.493 e. The first kappa shape index (κ1) is 25.1. The molecular weight excluding hydrogens is 514 g/mol. The van der Waals surface area contributed by atoms with Crippen molar-refractivity contribution in [2.75, 3.05) is 26.1 Å². The first-order valence-corrected chi connectivity index (χ1v) is 13.5. The molecule has 2 aromatic carbocycles. The van der Waals surface area contributed by atoms with Crippen molar-refractivity contribution < 1.29 is 19.4 Å². The quantitative estimate of drug-likeness (QED) is 0.337. The topological polar surface area (TPSA) is 102 Å². The number of ether oxygens (including phenoxy) is 2. The van der Waals surface area contributed by atoms with Gasteiger partial charge >= 0.3 is 5.97 Å². The van der Waals surface area contributed by atoms with Gasteiger partial charge in [-0.1, -0.05) is 36.4 Å². The fourth-order valence-corrected chi connectivity index (χ4v) is 6.92. The molecule has 2 aromatic heterocycles. The van der Waals surface area contributed by atoms with Crippen LogP contribution in [0.1, 0.15) is 27.1 Å². The molecule has 2 aliphatic heterocycles. The molecule has 200 valence electrons. The highest BCUT2D eigenvalue weighted by Crippen LogP contribution is 2.49. The van der Waals surface area contributed by atoms with E-state index in [9.17, 15) is 9.90 Å². The van der Waals surface area contributed by atoms with Gasteiger partial charge in [-0.3, -0.25) is 4.90 Å². The molecule has 0 amide bonds. The number of aliphatic carboxylic acids is 1. The van der Waals surface area contributed by atoms with Gasteiger partial charge < -0.3 is 19.9 Å². The van der Waals surface area contributed by atoms with Gasteiger partial charge in [-0.15, -0.1) is 11.3 Å². The Morgan fingerprint density at radius 1 is 1.15 bits per heavy atom. The number of carbonyl (C=O) groups is 1. The lowest BCUT2D eigenvalue weighted by Gasteiger charge is -2.39. The van der Waals surface area contributed by atoms with Gasteiger partial charge in [0.05, 0.1) is 31.3 Å². The number of nitrogens with one attached hydrogen (secondary N) is 1. The van der Waals surface area contributed by atoms with E-state index in [1.807, 2.05) is 24.3 Å². The van der Waals surface area contributed by atoms with Crippen LogP contribution in [0.4, 0.5) is 5.00 Å². The first-order valence-electron chi connectivity index (χ1n) is 12.7. The predicted molar refractivity (Wildman–Crippen MR) is 149 cm³/mol. The van der Waals surface area contributed by atoms with E-state index in [0.29, 0.717) is 11.5 Å². The Kier molecular flexibility index (Phi) is 6.58. The van der Waals surface area contributed by atoms with E-state index >= 15 is 0 Å². The van der Waals surface area contributed by atoms with Crippen LogP contribution in [-0.4, -0.2) is 51.5 Å². The lowest BCUT2D eigenvalue weighted by atomic mass is 9.78. The molecule has 10 heteroatoms. The van der Waals surface area contributed by atoms with E-state index < -0.39 is 11.5 Å². The molecule has 0 radical (unpaired) electrons. The highest BCUT2D eigenvalue weighted by Gasteiger charge is 2.45. The molecule has 4 heterocycles. The third-order valence-corrected chi connectivity index (χ3v) is 8.62. The van der Waals surface area contributed by atoms with Crippen molar-refractivity contribution in [3.05, 3.63) is 93.9 Å². The summed E-state index contributed by atoms with van der Waals surface area (Å²) in [7, 11) is 3.15. The van der Waals surface area contributed by atoms with Gasteiger partial charge in [0.2, 0.25) is 0 Å². The molecule has 0 fully saturated rings. The van der Waals surface area contributed by atoms with Crippen LogP contribution in [0.25, 0.3) is 6.08 Å². The highest BCUT2D eigenvalue weighted by molar-refractivity contribution is 7.16. The molecule has 1 unspecified atom stereocenters. The summed E-state index contributed by atoms with van der Waals surface area (Å²) in [6.45, 7) is 2.85. The first-order chi connectivity index (χ1) is 19.0. The molecule has 0 spiro atoms. The molecule has 0 saturated carbocycles. The summed E-state index contributed by atoms with van der Waals surface area (Å²) in [6.07, 6.45) is 5.77. The Hall–Kier alpha value is -4.15. The summed E-state index contributed by atoms with van der Waals surface area (Å²) in [5, 5.41) is 19.5. The van der Waals surface area contributed by atoms with Gasteiger partial charge in [0.1, 0.15) is 18.2 Å². The molecule has 2 aliphatic rings. The fraction of sp³-hybridized carbons (Fsp3) is 0.276. The molecule has 6 rings (SSSR count). The van der Waals surface area contributed by atoms with Crippen LogP contribution in [0, 0.1) is 0 Å². The van der Waals surface area contributed by atoms with Crippen LogP contribution in [0.15, 0.2) is 66.8 Å². The Balaban J connectivity index is 1.43. The molecular formula is C29H29N5O4S. The zero-order valence-corrected chi connectivity index (χ0v) is 22.6. The number of hydrogen-bond acceptors (Lipinski definition) is 8. The van der Waals surface area contributed by atoms with Crippen molar-refractivity contribution >= 4 is 28.4 Å². The largest absolute Gasteiger partial charge is 0.493 e. The Morgan fingerprint density at radius 2 is 1.97 bits per heavy atom. The molecule has 39 heavy (non-hydrogen) atoms. The minimum atomic E-state index is -1.12. The summed E-state index contributed by atoms with van der Waals surface area (Å²) < 4.78 is 12.7. The smallest absolute Gasteiger partial charge is 0.334 e. The average molecular weight is 544 g/mol. The SMILES string of the molecule is COc1ccc(C2(Cn3cncn3)Nc3sc4c(c3C=C2C(=O)O)CCN(Cc2ccccc2)C4)cc1OC. The summed E-state index contributed by atoms with van der Waals surface area (Å²) in [6, 6.07) is 16.0. The van der Waals surface area contributed by atoms with E-state index in [4.69, 9.17) is 9.47 Å². The Bertz CT molecular complexity index is 1530. The second-order valence-electron chi connectivity index (χ2n) is 9.75. The maximum atomic E-state index is 12.9. The summed E-state index contributed by atoms with van der Waals surface area (Å²) in [4.78, 5) is 20.7. The number of methoxy groups -OCH3 is 2. The van der Waals surface area contributed by atoms with E-state index in [-0.39, 0.29) is 12.1 Å². The van der Waals surface area contributed by atoms with E-state index in [2.05, 4.69) is 44.6 Å². The van der Waals surface area contributed by atoms with Gasteiger partial charge in [0, 0.05) is 30.1 Å². The van der Waals surface area contributed by atoms with Crippen molar-refractivity contribution in [1.29, 1.82) is 0 Å². The maximum absolute atomic E-state index is 12.9. The lowest BCUT2D eigenvalue weighted by molar-refractivity contribution is -0.133. The molecule has 9 nitrogen and oxygen atoms in total. The van der Waals surface area contributed by atoms with Crippen molar-refractivity contribution in [3.63, 3.8) is 0 Å². The van der Waals surface area contributed by atoms with Crippen LogP contribution in [-0.2, 0) is 36.4 Å². The number of thiophene rings is 1. The maximum Gasteiger partial charge on any atom is 0.334 e. The number of benzene rings is 2. The van der Waals surface area contributed by atoms with Crippen LogP contribution >= 0.6 is 11.3 Å². The standard InChI is InChI=1S/C29H29N5O4S/c1-37-24-9-8-20(12-25(24)38-2)29(16-34-18-30-17-31-34)23(28(35)36)13-22-21-10-11-33(14-19-6-4-3-5-7-19)15-26(21)39-27(22)32-29/h3-9,12-13,17-18,32H,10-11,14-16H2,1-2H3,(H,35,36). The number of carboxylic acid groups (broad SMARTS) is 1. The van der Waals surface area contributed by atoms with Gasteiger partial charge in [-0.05, 0) is 41.3 Å². The number of anilines is 1. The number of hydrogen-bond donors (Lipinski definition) is 2. The Morgan fingerprint density at radius 3 is 2.69 bits per heavy atom. The van der Waals surface area contributed by atoms with E-state index in [0.717, 1.165) is 42.2 Å². The number of aromatic nitrogens is 3. The van der Waals surface area contributed by atoms with Crippen molar-refractivity contribution in [2.24, 2.45) is 0 Å². The van der Waals surface area contributed by atoms with Gasteiger partial charge in [0.25, 0.3) is 0 Å². The Labute approximate surface area is 230 Å². The molecule has 0 bridgehead atoms. The minimum absolute atomic E-state index is 0.225.